The fourth-order valence-electron chi connectivity index (χ4n) is 1.72. The second kappa shape index (κ2) is 4.04. The first-order chi connectivity index (χ1) is 8.22. The monoisotopic (exact) mass is 246 g/mol. The highest BCUT2D eigenvalue weighted by Gasteiger charge is 2.26. The van der Waals surface area contributed by atoms with E-state index in [0.717, 1.165) is 11.4 Å². The van der Waals surface area contributed by atoms with Crippen LogP contribution in [0.4, 0.5) is 0 Å². The fourth-order valence-corrected chi connectivity index (χ4v) is 1.91. The van der Waals surface area contributed by atoms with Crippen LogP contribution in [-0.4, -0.2) is 19.9 Å². The van der Waals surface area contributed by atoms with E-state index in [1.165, 1.54) is 12.8 Å². The van der Waals surface area contributed by atoms with Crippen molar-refractivity contribution in [1.29, 1.82) is 0 Å². The maximum Gasteiger partial charge on any atom is 0.179 e. The van der Waals surface area contributed by atoms with Gasteiger partial charge in [-0.1, -0.05) is 11.6 Å². The molecule has 0 unspecified atom stereocenters. The number of rotatable bonds is 2. The Labute approximate surface area is 104 Å². The van der Waals surface area contributed by atoms with Gasteiger partial charge in [0.2, 0.25) is 0 Å². The van der Waals surface area contributed by atoms with Gasteiger partial charge >= 0.3 is 0 Å². The zero-order valence-electron chi connectivity index (χ0n) is 9.39. The van der Waals surface area contributed by atoms with E-state index in [2.05, 4.69) is 19.9 Å². The molecule has 0 N–H and O–H groups in total. The molecule has 3 rings (SSSR count). The van der Waals surface area contributed by atoms with E-state index in [0.29, 0.717) is 22.7 Å². The molecule has 5 heteroatoms. The number of aromatic nitrogens is 4. The maximum absolute atomic E-state index is 6.02. The smallest absolute Gasteiger partial charge is 0.179 e. The molecule has 1 aliphatic rings. The van der Waals surface area contributed by atoms with E-state index in [9.17, 15) is 0 Å². The third-order valence-corrected chi connectivity index (χ3v) is 2.91. The highest BCUT2D eigenvalue weighted by atomic mass is 35.5. The molecule has 1 fully saturated rings. The summed E-state index contributed by atoms with van der Waals surface area (Å²) in [5.41, 5.74) is 1.75. The minimum absolute atomic E-state index is 0.480. The molecule has 2 aromatic heterocycles. The summed E-state index contributed by atoms with van der Waals surface area (Å²) in [5.74, 6) is 1.85. The Hall–Kier alpha value is -1.55. The Bertz CT molecular complexity index is 566. The van der Waals surface area contributed by atoms with Crippen LogP contribution in [0.5, 0.6) is 0 Å². The summed E-state index contributed by atoms with van der Waals surface area (Å²) in [7, 11) is 0. The van der Waals surface area contributed by atoms with Crippen LogP contribution in [0.3, 0.4) is 0 Å². The van der Waals surface area contributed by atoms with E-state index in [1.54, 1.807) is 12.3 Å². The lowest BCUT2D eigenvalue weighted by Crippen LogP contribution is -1.98. The molecule has 0 spiro atoms. The van der Waals surface area contributed by atoms with Gasteiger partial charge in [-0.25, -0.2) is 19.9 Å². The first-order valence-corrected chi connectivity index (χ1v) is 5.94. The van der Waals surface area contributed by atoms with Crippen molar-refractivity contribution in [3.05, 3.63) is 35.0 Å². The number of aryl methyl sites for hydroxylation is 1. The van der Waals surface area contributed by atoms with Crippen molar-refractivity contribution in [3.8, 4) is 11.5 Å². The minimum atomic E-state index is 0.480. The van der Waals surface area contributed by atoms with Crippen LogP contribution < -0.4 is 0 Å². The Morgan fingerprint density at radius 3 is 2.76 bits per heavy atom. The van der Waals surface area contributed by atoms with Crippen LogP contribution in [0.2, 0.25) is 5.15 Å². The largest absolute Gasteiger partial charge is 0.242 e. The fraction of sp³-hybridized carbons (Fsp3) is 0.333. The molecular formula is C12H11ClN4. The van der Waals surface area contributed by atoms with Crippen molar-refractivity contribution in [2.45, 2.75) is 25.7 Å². The maximum atomic E-state index is 6.02. The molecule has 2 heterocycles. The van der Waals surface area contributed by atoms with E-state index < -0.39 is 0 Å². The van der Waals surface area contributed by atoms with Crippen LogP contribution in [-0.2, 0) is 0 Å². The molecule has 86 valence electrons. The first-order valence-electron chi connectivity index (χ1n) is 5.57. The van der Waals surface area contributed by atoms with Crippen LogP contribution in [0.1, 0.15) is 30.3 Å². The van der Waals surface area contributed by atoms with Gasteiger partial charge in [-0.2, -0.15) is 0 Å². The summed E-state index contributed by atoms with van der Waals surface area (Å²) < 4.78 is 0. The molecule has 0 atom stereocenters. The van der Waals surface area contributed by atoms with Crippen molar-refractivity contribution < 1.29 is 0 Å². The molecule has 0 bridgehead atoms. The van der Waals surface area contributed by atoms with Crippen molar-refractivity contribution in [2.75, 3.05) is 0 Å². The number of halogens is 1. The highest BCUT2D eigenvalue weighted by molar-refractivity contribution is 6.29. The number of hydrogen-bond acceptors (Lipinski definition) is 4. The topological polar surface area (TPSA) is 51.6 Å². The SMILES string of the molecule is Cc1nccc(-c2nc(Cl)cc(C3CC3)n2)n1. The van der Waals surface area contributed by atoms with Gasteiger partial charge in [0.25, 0.3) is 0 Å². The van der Waals surface area contributed by atoms with E-state index in [4.69, 9.17) is 11.6 Å². The van der Waals surface area contributed by atoms with Crippen LogP contribution >= 0.6 is 11.6 Å². The molecule has 0 aromatic carbocycles. The van der Waals surface area contributed by atoms with Gasteiger partial charge < -0.3 is 0 Å². The van der Waals surface area contributed by atoms with Crippen molar-refractivity contribution in [1.82, 2.24) is 19.9 Å². The molecule has 0 saturated heterocycles. The molecule has 1 aliphatic carbocycles. The molecular weight excluding hydrogens is 236 g/mol. The van der Waals surface area contributed by atoms with Crippen molar-refractivity contribution in [3.63, 3.8) is 0 Å². The summed E-state index contributed by atoms with van der Waals surface area (Å²) in [6.45, 7) is 1.84. The first kappa shape index (κ1) is 10.6. The summed E-state index contributed by atoms with van der Waals surface area (Å²) in [4.78, 5) is 17.1. The Kier molecular flexibility index (Phi) is 2.52. The third-order valence-electron chi connectivity index (χ3n) is 2.72. The number of nitrogens with zero attached hydrogens (tertiary/aromatic N) is 4. The minimum Gasteiger partial charge on any atom is -0.242 e. The summed E-state index contributed by atoms with van der Waals surface area (Å²) in [6, 6.07) is 3.64. The second-order valence-corrected chi connectivity index (χ2v) is 4.59. The average molecular weight is 247 g/mol. The predicted octanol–water partition coefficient (Wildman–Crippen LogP) is 2.77. The number of hydrogen-bond donors (Lipinski definition) is 0. The molecule has 0 aliphatic heterocycles. The molecule has 17 heavy (non-hydrogen) atoms. The molecule has 1 saturated carbocycles. The van der Waals surface area contributed by atoms with Crippen molar-refractivity contribution in [2.24, 2.45) is 0 Å². The zero-order valence-corrected chi connectivity index (χ0v) is 10.1. The second-order valence-electron chi connectivity index (χ2n) is 4.20. The van der Waals surface area contributed by atoms with Crippen molar-refractivity contribution >= 4 is 11.6 Å². The van der Waals surface area contributed by atoms with Crippen LogP contribution in [0.25, 0.3) is 11.5 Å². The van der Waals surface area contributed by atoms with Gasteiger partial charge in [-0.15, -0.1) is 0 Å². The molecule has 4 nitrogen and oxygen atoms in total. The Morgan fingerprint density at radius 2 is 2.06 bits per heavy atom. The molecule has 0 amide bonds. The van der Waals surface area contributed by atoms with Gasteiger partial charge in [0.15, 0.2) is 5.82 Å². The summed E-state index contributed by atoms with van der Waals surface area (Å²) in [5, 5.41) is 0.480. The lowest BCUT2D eigenvalue weighted by Gasteiger charge is -2.03. The van der Waals surface area contributed by atoms with Crippen LogP contribution in [0.15, 0.2) is 18.3 Å². The van der Waals surface area contributed by atoms with E-state index in [1.807, 2.05) is 13.0 Å². The summed E-state index contributed by atoms with van der Waals surface area (Å²) in [6.07, 6.45) is 4.09. The van der Waals surface area contributed by atoms with Gasteiger partial charge in [-0.05, 0) is 31.9 Å². The van der Waals surface area contributed by atoms with Gasteiger partial charge in [0, 0.05) is 17.8 Å². The molecule has 0 radical (unpaired) electrons. The lowest BCUT2D eigenvalue weighted by molar-refractivity contribution is 0.974. The van der Waals surface area contributed by atoms with Gasteiger partial charge in [0.1, 0.15) is 16.7 Å². The van der Waals surface area contributed by atoms with Crippen LogP contribution in [0, 0.1) is 6.92 Å². The normalized spacial score (nSPS) is 14.9. The standard InChI is InChI=1S/C12H11ClN4/c1-7-14-5-4-9(15-7)12-16-10(8-2-3-8)6-11(13)17-12/h4-6,8H,2-3H2,1H3. The van der Waals surface area contributed by atoms with Gasteiger partial charge in [-0.3, -0.25) is 0 Å². The quantitative estimate of drug-likeness (QED) is 0.765. The highest BCUT2D eigenvalue weighted by Crippen LogP contribution is 2.39. The average Bonchev–Trinajstić information content (AvgIpc) is 3.12. The Balaban J connectivity index is 2.07. The lowest BCUT2D eigenvalue weighted by atomic mass is 10.2. The Morgan fingerprint density at radius 1 is 1.24 bits per heavy atom. The van der Waals surface area contributed by atoms with Gasteiger partial charge in [0.05, 0.1) is 0 Å². The van der Waals surface area contributed by atoms with E-state index in [-0.39, 0.29) is 0 Å². The zero-order chi connectivity index (χ0) is 11.8. The van der Waals surface area contributed by atoms with E-state index >= 15 is 0 Å². The third kappa shape index (κ3) is 2.26. The molecule has 2 aromatic rings. The predicted molar refractivity (Wildman–Crippen MR) is 64.8 cm³/mol. The summed E-state index contributed by atoms with van der Waals surface area (Å²) >= 11 is 6.02.